The van der Waals surface area contributed by atoms with Crippen LogP contribution in [-0.4, -0.2) is 44.7 Å². The summed E-state index contributed by atoms with van der Waals surface area (Å²) < 4.78 is 5.16. The molecule has 0 bridgehead atoms. The number of hydrogen-bond acceptors (Lipinski definition) is 5. The van der Waals surface area contributed by atoms with Crippen LogP contribution in [0.15, 0.2) is 12.2 Å². The fourth-order valence-corrected chi connectivity index (χ4v) is 4.41. The minimum absolute atomic E-state index is 0.0519. The van der Waals surface area contributed by atoms with Gasteiger partial charge in [0.2, 0.25) is 0 Å². The van der Waals surface area contributed by atoms with Crippen molar-refractivity contribution in [1.29, 1.82) is 0 Å². The van der Waals surface area contributed by atoms with E-state index in [4.69, 9.17) is 4.74 Å². The molecule has 0 amide bonds. The van der Waals surface area contributed by atoms with Gasteiger partial charge in [-0.25, -0.2) is 4.79 Å². The number of fused-ring (bicyclic) bond motifs is 2. The molecule has 0 aromatic rings. The van der Waals surface area contributed by atoms with Crippen LogP contribution in [0.5, 0.6) is 0 Å². The molecule has 5 heteroatoms. The van der Waals surface area contributed by atoms with E-state index in [1.54, 1.807) is 0 Å². The van der Waals surface area contributed by atoms with Gasteiger partial charge in [0.25, 0.3) is 0 Å². The van der Waals surface area contributed by atoms with Gasteiger partial charge in [-0.1, -0.05) is 20.4 Å². The molecule has 0 radical (unpaired) electrons. The van der Waals surface area contributed by atoms with Crippen LogP contribution in [0.4, 0.5) is 0 Å². The molecule has 1 aliphatic heterocycles. The summed E-state index contributed by atoms with van der Waals surface area (Å²) in [7, 11) is 0. The molecule has 6 atom stereocenters. The maximum atomic E-state index is 11.7. The largest absolute Gasteiger partial charge is 0.455 e. The van der Waals surface area contributed by atoms with Crippen LogP contribution in [0, 0.1) is 11.3 Å². The Morgan fingerprint density at radius 3 is 2.65 bits per heavy atom. The number of rotatable bonds is 0. The van der Waals surface area contributed by atoms with Crippen molar-refractivity contribution in [3.63, 3.8) is 0 Å². The van der Waals surface area contributed by atoms with E-state index in [0.717, 1.165) is 6.42 Å². The zero-order valence-corrected chi connectivity index (χ0v) is 11.9. The summed E-state index contributed by atoms with van der Waals surface area (Å²) in [5.41, 5.74) is -3.37. The molecular weight excluding hydrogens is 260 g/mol. The minimum atomic E-state index is -1.43. The molecule has 3 aliphatic rings. The van der Waals surface area contributed by atoms with E-state index < -0.39 is 34.8 Å². The molecule has 3 rings (SSSR count). The van der Waals surface area contributed by atoms with Gasteiger partial charge in [-0.2, -0.15) is 0 Å². The SMILES string of the molecule is C=C1C(=O)O[C@@H]2C[C@]3(O)[C@H](O)CC[C@H](C)[C@@]3(C)C[C@]12O. The molecule has 0 spiro atoms. The predicted octanol–water partition coefficient (Wildman–Crippen LogP) is 0.521. The van der Waals surface area contributed by atoms with E-state index in [2.05, 4.69) is 6.58 Å². The average Bonchev–Trinajstić information content (AvgIpc) is 2.58. The van der Waals surface area contributed by atoms with E-state index in [0.29, 0.717) is 6.42 Å². The van der Waals surface area contributed by atoms with Crippen LogP contribution in [0.1, 0.15) is 39.5 Å². The van der Waals surface area contributed by atoms with Crippen LogP contribution >= 0.6 is 0 Å². The van der Waals surface area contributed by atoms with Gasteiger partial charge in [-0.05, 0) is 25.2 Å². The van der Waals surface area contributed by atoms with E-state index in [9.17, 15) is 20.1 Å². The number of carbonyl (C=O) groups is 1. The van der Waals surface area contributed by atoms with Gasteiger partial charge >= 0.3 is 5.97 Å². The number of aliphatic hydroxyl groups excluding tert-OH is 1. The Morgan fingerprint density at radius 1 is 1.35 bits per heavy atom. The normalized spacial score (nSPS) is 55.1. The predicted molar refractivity (Wildman–Crippen MR) is 70.7 cm³/mol. The van der Waals surface area contributed by atoms with E-state index >= 15 is 0 Å². The van der Waals surface area contributed by atoms with E-state index in [1.165, 1.54) is 0 Å². The molecule has 3 fully saturated rings. The van der Waals surface area contributed by atoms with Crippen LogP contribution in [-0.2, 0) is 9.53 Å². The Labute approximate surface area is 118 Å². The van der Waals surface area contributed by atoms with Gasteiger partial charge in [-0.3, -0.25) is 0 Å². The summed E-state index contributed by atoms with van der Waals surface area (Å²) in [6, 6.07) is 0. The van der Waals surface area contributed by atoms with Crippen molar-refractivity contribution in [2.24, 2.45) is 11.3 Å². The summed E-state index contributed by atoms with van der Waals surface area (Å²) in [6.07, 6.45) is -0.142. The standard InChI is InChI=1S/C15H22O5/c1-8-4-5-10(16)15(19)6-11-14(18,7-13(8,15)3)9(2)12(17)20-11/h8,10-11,16,18-19H,2,4-7H2,1,3H3/t8-,10+,11+,13+,14-,15-/m0/s1. The van der Waals surface area contributed by atoms with Crippen molar-refractivity contribution >= 4 is 5.97 Å². The average molecular weight is 282 g/mol. The Morgan fingerprint density at radius 2 is 2.00 bits per heavy atom. The quantitative estimate of drug-likeness (QED) is 0.445. The van der Waals surface area contributed by atoms with Gasteiger partial charge in [0.15, 0.2) is 0 Å². The molecule has 3 N–H and O–H groups in total. The lowest BCUT2D eigenvalue weighted by Crippen LogP contribution is -2.69. The first-order valence-corrected chi connectivity index (χ1v) is 7.18. The lowest BCUT2D eigenvalue weighted by molar-refractivity contribution is -0.261. The number of ether oxygens (including phenoxy) is 1. The summed E-state index contributed by atoms with van der Waals surface area (Å²) in [6.45, 7) is 7.55. The first-order valence-electron chi connectivity index (χ1n) is 7.18. The highest BCUT2D eigenvalue weighted by molar-refractivity contribution is 5.93. The second kappa shape index (κ2) is 3.84. The summed E-state index contributed by atoms with van der Waals surface area (Å²) in [5, 5.41) is 32.2. The van der Waals surface area contributed by atoms with Gasteiger partial charge in [0.05, 0.1) is 17.3 Å². The van der Waals surface area contributed by atoms with Crippen molar-refractivity contribution in [3.05, 3.63) is 12.2 Å². The molecule has 1 heterocycles. The molecule has 1 saturated heterocycles. The third-order valence-electron chi connectivity index (χ3n) is 6.19. The highest BCUT2D eigenvalue weighted by Crippen LogP contribution is 2.61. The fraction of sp³-hybridized carbons (Fsp3) is 0.800. The molecule has 112 valence electrons. The van der Waals surface area contributed by atoms with Crippen LogP contribution in [0.25, 0.3) is 0 Å². The molecule has 0 aromatic heterocycles. The van der Waals surface area contributed by atoms with E-state index in [1.807, 2.05) is 13.8 Å². The van der Waals surface area contributed by atoms with Crippen molar-refractivity contribution in [1.82, 2.24) is 0 Å². The third-order valence-corrected chi connectivity index (χ3v) is 6.19. The van der Waals surface area contributed by atoms with Crippen LogP contribution in [0.2, 0.25) is 0 Å². The maximum Gasteiger partial charge on any atom is 0.336 e. The van der Waals surface area contributed by atoms with Crippen LogP contribution < -0.4 is 0 Å². The summed E-state index contributed by atoms with van der Waals surface area (Å²) >= 11 is 0. The minimum Gasteiger partial charge on any atom is -0.455 e. The Hall–Kier alpha value is -0.910. The van der Waals surface area contributed by atoms with Gasteiger partial charge in [0, 0.05) is 11.8 Å². The van der Waals surface area contributed by atoms with E-state index in [-0.39, 0.29) is 24.3 Å². The molecule has 0 unspecified atom stereocenters. The maximum absolute atomic E-state index is 11.7. The summed E-state index contributed by atoms with van der Waals surface area (Å²) in [5.74, 6) is -0.477. The molecule has 20 heavy (non-hydrogen) atoms. The Kier molecular flexibility index (Phi) is 2.70. The van der Waals surface area contributed by atoms with Crippen molar-refractivity contribution in [2.75, 3.05) is 0 Å². The number of esters is 1. The lowest BCUT2D eigenvalue weighted by Gasteiger charge is -2.60. The molecule has 5 nitrogen and oxygen atoms in total. The Bertz CT molecular complexity index is 489. The molecule has 2 aliphatic carbocycles. The third kappa shape index (κ3) is 1.41. The zero-order chi connectivity index (χ0) is 14.9. The first kappa shape index (κ1) is 14.0. The molecule has 0 aromatic carbocycles. The number of carbonyl (C=O) groups excluding carboxylic acids is 1. The molecule has 2 saturated carbocycles. The summed E-state index contributed by atoms with van der Waals surface area (Å²) in [4.78, 5) is 11.7. The highest BCUT2D eigenvalue weighted by Gasteiger charge is 2.69. The number of aliphatic hydroxyl groups is 3. The second-order valence-electron chi connectivity index (χ2n) is 7.01. The van der Waals surface area contributed by atoms with Crippen molar-refractivity contribution in [3.8, 4) is 0 Å². The smallest absolute Gasteiger partial charge is 0.336 e. The molecular formula is C15H22O5. The number of hydrogen-bond donors (Lipinski definition) is 3. The first-order chi connectivity index (χ1) is 9.15. The van der Waals surface area contributed by atoms with Gasteiger partial charge < -0.3 is 20.1 Å². The van der Waals surface area contributed by atoms with Crippen molar-refractivity contribution < 1.29 is 24.9 Å². The lowest BCUT2D eigenvalue weighted by atomic mass is 9.48. The topological polar surface area (TPSA) is 87.0 Å². The van der Waals surface area contributed by atoms with Crippen molar-refractivity contribution in [2.45, 2.75) is 62.9 Å². The monoisotopic (exact) mass is 282 g/mol. The van der Waals surface area contributed by atoms with Gasteiger partial charge in [0.1, 0.15) is 11.7 Å². The van der Waals surface area contributed by atoms with Crippen LogP contribution in [0.3, 0.4) is 0 Å². The zero-order valence-electron chi connectivity index (χ0n) is 11.9. The van der Waals surface area contributed by atoms with Gasteiger partial charge in [-0.15, -0.1) is 0 Å². The fourth-order valence-electron chi connectivity index (χ4n) is 4.41. The Balaban J connectivity index is 2.07. The second-order valence-corrected chi connectivity index (χ2v) is 7.01. The highest BCUT2D eigenvalue weighted by atomic mass is 16.6.